The first kappa shape index (κ1) is 28.8. The fraction of sp³-hybridized carbons (Fsp3) is 0.606. The van der Waals surface area contributed by atoms with Crippen molar-refractivity contribution in [2.75, 3.05) is 44.9 Å². The Bertz CT molecular complexity index is 1250. The van der Waals surface area contributed by atoms with E-state index < -0.39 is 5.97 Å². The molecule has 1 spiro atoms. The lowest BCUT2D eigenvalue weighted by atomic mass is 9.67. The maximum Gasteiger partial charge on any atom is 0.339 e. The van der Waals surface area contributed by atoms with Crippen LogP contribution in [-0.4, -0.2) is 69.4 Å². The van der Waals surface area contributed by atoms with Crippen molar-refractivity contribution >= 4 is 23.3 Å². The molecule has 0 aromatic heterocycles. The SMILES string of the molecule is COC(=O)c1ccc2c(c1Cl)N(C[C@@H]1CC[C@H]1[C@@H]1C[C@@H](O[C@H](C)CO)CCO1)C[C@@]1(CCCc3ccccc31)CO2. The average Bonchev–Trinajstić information content (AvgIpc) is 3.13. The van der Waals surface area contributed by atoms with Gasteiger partial charge in [0.1, 0.15) is 5.75 Å². The van der Waals surface area contributed by atoms with Crippen molar-refractivity contribution in [2.45, 2.75) is 75.6 Å². The van der Waals surface area contributed by atoms with E-state index in [1.807, 2.05) is 13.0 Å². The Hall–Kier alpha value is -2.32. The molecule has 8 heteroatoms. The summed E-state index contributed by atoms with van der Waals surface area (Å²) >= 11 is 7.02. The van der Waals surface area contributed by atoms with Crippen molar-refractivity contribution in [1.82, 2.24) is 0 Å². The number of nitrogens with zero attached hydrogens (tertiary/aromatic N) is 1. The Balaban J connectivity index is 1.31. The van der Waals surface area contributed by atoms with Crippen molar-refractivity contribution in [2.24, 2.45) is 11.8 Å². The number of benzene rings is 2. The van der Waals surface area contributed by atoms with Gasteiger partial charge in [0.15, 0.2) is 0 Å². The molecule has 2 aliphatic heterocycles. The van der Waals surface area contributed by atoms with Gasteiger partial charge < -0.3 is 29.0 Å². The fourth-order valence-corrected chi connectivity index (χ4v) is 7.95. The highest BCUT2D eigenvalue weighted by Gasteiger charge is 2.46. The number of halogens is 1. The van der Waals surface area contributed by atoms with E-state index in [2.05, 4.69) is 29.2 Å². The summed E-state index contributed by atoms with van der Waals surface area (Å²) in [6.45, 7) is 4.79. The molecule has 6 rings (SSSR count). The summed E-state index contributed by atoms with van der Waals surface area (Å²) in [5.74, 6) is 1.13. The Morgan fingerprint density at radius 2 is 2.07 bits per heavy atom. The minimum atomic E-state index is -0.444. The molecule has 2 heterocycles. The third-order valence-corrected chi connectivity index (χ3v) is 10.2. The average molecular weight is 584 g/mol. The van der Waals surface area contributed by atoms with Crippen LogP contribution in [0.1, 0.15) is 66.9 Å². The first-order chi connectivity index (χ1) is 19.9. The molecule has 6 atom stereocenters. The first-order valence-electron chi connectivity index (χ1n) is 15.2. The van der Waals surface area contributed by atoms with E-state index in [0.717, 1.165) is 69.5 Å². The van der Waals surface area contributed by atoms with Gasteiger partial charge in [-0.05, 0) is 80.5 Å². The van der Waals surface area contributed by atoms with Crippen LogP contribution in [0.2, 0.25) is 5.02 Å². The summed E-state index contributed by atoms with van der Waals surface area (Å²) in [6, 6.07) is 12.4. The second-order valence-corrected chi connectivity index (χ2v) is 12.8. The Morgan fingerprint density at radius 1 is 1.22 bits per heavy atom. The summed E-state index contributed by atoms with van der Waals surface area (Å²) in [6.07, 6.45) is 7.29. The second-order valence-electron chi connectivity index (χ2n) is 12.4. The van der Waals surface area contributed by atoms with Crippen LogP contribution in [0.3, 0.4) is 0 Å². The molecule has 2 aromatic carbocycles. The van der Waals surface area contributed by atoms with Crippen LogP contribution in [0.15, 0.2) is 36.4 Å². The van der Waals surface area contributed by atoms with Gasteiger partial charge in [0, 0.05) is 31.5 Å². The molecular weight excluding hydrogens is 542 g/mol. The zero-order chi connectivity index (χ0) is 28.6. The highest BCUT2D eigenvalue weighted by atomic mass is 35.5. The first-order valence-corrected chi connectivity index (χ1v) is 15.5. The lowest BCUT2D eigenvalue weighted by molar-refractivity contribution is -0.134. The van der Waals surface area contributed by atoms with Gasteiger partial charge in [-0.2, -0.15) is 0 Å². The number of aliphatic hydroxyl groups is 1. The molecule has 41 heavy (non-hydrogen) atoms. The smallest absolute Gasteiger partial charge is 0.339 e. The largest absolute Gasteiger partial charge is 0.490 e. The topological polar surface area (TPSA) is 77.5 Å². The third kappa shape index (κ3) is 5.58. The summed E-state index contributed by atoms with van der Waals surface area (Å²) in [7, 11) is 1.38. The number of ether oxygens (including phenoxy) is 4. The van der Waals surface area contributed by atoms with Crippen molar-refractivity contribution in [3.63, 3.8) is 0 Å². The Morgan fingerprint density at radius 3 is 2.85 bits per heavy atom. The number of hydrogen-bond acceptors (Lipinski definition) is 7. The molecule has 1 N–H and O–H groups in total. The highest BCUT2D eigenvalue weighted by molar-refractivity contribution is 6.36. The van der Waals surface area contributed by atoms with Gasteiger partial charge >= 0.3 is 5.97 Å². The molecule has 4 aliphatic rings. The van der Waals surface area contributed by atoms with E-state index in [-0.39, 0.29) is 30.3 Å². The van der Waals surface area contributed by atoms with Crippen LogP contribution >= 0.6 is 11.6 Å². The number of aliphatic hydroxyl groups excluding tert-OH is 1. The van der Waals surface area contributed by atoms with Gasteiger partial charge in [-0.25, -0.2) is 4.79 Å². The van der Waals surface area contributed by atoms with Gasteiger partial charge in [0.2, 0.25) is 0 Å². The number of anilines is 1. The molecule has 0 radical (unpaired) electrons. The van der Waals surface area contributed by atoms with Gasteiger partial charge in [-0.15, -0.1) is 0 Å². The zero-order valence-corrected chi connectivity index (χ0v) is 24.9. The van der Waals surface area contributed by atoms with E-state index >= 15 is 0 Å². The molecular formula is C33H42ClNO6. The maximum atomic E-state index is 12.6. The normalized spacial score (nSPS) is 29.9. The molecule has 2 aliphatic carbocycles. The third-order valence-electron chi connectivity index (χ3n) is 9.85. The Labute approximate surface area is 248 Å². The number of methoxy groups -OCH3 is 1. The van der Waals surface area contributed by atoms with Crippen molar-refractivity contribution in [3.8, 4) is 5.75 Å². The van der Waals surface area contributed by atoms with Crippen molar-refractivity contribution in [3.05, 3.63) is 58.1 Å². The van der Waals surface area contributed by atoms with Gasteiger partial charge in [-0.3, -0.25) is 0 Å². The van der Waals surface area contributed by atoms with Crippen LogP contribution in [0.5, 0.6) is 5.75 Å². The van der Waals surface area contributed by atoms with Crippen LogP contribution in [-0.2, 0) is 26.0 Å². The van der Waals surface area contributed by atoms with Gasteiger partial charge in [0.05, 0.1) is 54.9 Å². The van der Waals surface area contributed by atoms with Crippen molar-refractivity contribution in [1.29, 1.82) is 0 Å². The van der Waals surface area contributed by atoms with Gasteiger partial charge in [0.25, 0.3) is 0 Å². The van der Waals surface area contributed by atoms with Crippen LogP contribution in [0, 0.1) is 11.8 Å². The highest BCUT2D eigenvalue weighted by Crippen LogP contribution is 2.49. The standard InChI is InChI=1S/C33H42ClNO6/c1-21(18-36)41-24-13-15-39-29(16-24)25-10-9-23(25)17-35-19-33(14-5-7-22-6-3-4-8-27(22)33)20-40-28-12-11-26(32(37)38-2)30(34)31(28)35/h3-4,6,8,11-12,21,23-25,29,36H,5,7,9-10,13-20H2,1-2H3/t21-,23+,24+,25-,29+,33+/m1/s1. The maximum absolute atomic E-state index is 12.6. The van der Waals surface area contributed by atoms with Crippen LogP contribution in [0.25, 0.3) is 0 Å². The minimum absolute atomic E-state index is 0.0315. The second kappa shape index (κ2) is 12.1. The molecule has 7 nitrogen and oxygen atoms in total. The Kier molecular flexibility index (Phi) is 8.51. The quantitative estimate of drug-likeness (QED) is 0.427. The lowest BCUT2D eigenvalue weighted by Gasteiger charge is -2.48. The lowest BCUT2D eigenvalue weighted by Crippen LogP contribution is -2.51. The molecule has 2 fully saturated rings. The van der Waals surface area contributed by atoms with Crippen molar-refractivity contribution < 1.29 is 28.8 Å². The summed E-state index contributed by atoms with van der Waals surface area (Å²) in [5.41, 5.74) is 3.76. The number of carbonyl (C=O) groups is 1. The number of rotatable bonds is 7. The summed E-state index contributed by atoms with van der Waals surface area (Å²) in [4.78, 5) is 15.0. The molecule has 1 saturated heterocycles. The number of hydrogen-bond donors (Lipinski definition) is 1. The predicted molar refractivity (Wildman–Crippen MR) is 158 cm³/mol. The van der Waals surface area contributed by atoms with Crippen LogP contribution in [0.4, 0.5) is 5.69 Å². The van der Waals surface area contributed by atoms with E-state index in [0.29, 0.717) is 35.6 Å². The van der Waals surface area contributed by atoms with Crippen LogP contribution < -0.4 is 9.64 Å². The minimum Gasteiger partial charge on any atom is -0.490 e. The molecule has 0 amide bonds. The number of carbonyl (C=O) groups excluding carboxylic acids is 1. The summed E-state index contributed by atoms with van der Waals surface area (Å²) < 4.78 is 24.0. The van der Waals surface area contributed by atoms with E-state index in [4.69, 9.17) is 30.5 Å². The van der Waals surface area contributed by atoms with E-state index in [9.17, 15) is 9.90 Å². The fourth-order valence-electron chi connectivity index (χ4n) is 7.59. The van der Waals surface area contributed by atoms with E-state index in [1.54, 1.807) is 6.07 Å². The predicted octanol–water partition coefficient (Wildman–Crippen LogP) is 5.57. The molecule has 222 valence electrons. The molecule has 0 unspecified atom stereocenters. The number of esters is 1. The monoisotopic (exact) mass is 583 g/mol. The molecule has 2 aromatic rings. The molecule has 0 bridgehead atoms. The summed E-state index contributed by atoms with van der Waals surface area (Å²) in [5, 5.41) is 9.87. The molecule has 1 saturated carbocycles. The van der Waals surface area contributed by atoms with E-state index in [1.165, 1.54) is 18.2 Å². The van der Waals surface area contributed by atoms with Gasteiger partial charge in [-0.1, -0.05) is 35.9 Å². The zero-order valence-electron chi connectivity index (χ0n) is 24.1. The number of aryl methyl sites for hydroxylation is 1. The number of fused-ring (bicyclic) bond motifs is 3.